The summed E-state index contributed by atoms with van der Waals surface area (Å²) in [6.45, 7) is 1.89. The van der Waals surface area contributed by atoms with E-state index in [1.807, 2.05) is 19.1 Å². The summed E-state index contributed by atoms with van der Waals surface area (Å²) < 4.78 is 5.41. The molecule has 16 heavy (non-hydrogen) atoms. The number of benzene rings is 1. The number of esters is 1. The maximum absolute atomic E-state index is 11.9. The highest BCUT2D eigenvalue weighted by atomic mass is 16.5. The summed E-state index contributed by atoms with van der Waals surface area (Å²) in [5.41, 5.74) is 7.80. The van der Waals surface area contributed by atoms with Gasteiger partial charge in [0.25, 0.3) is 0 Å². The van der Waals surface area contributed by atoms with Crippen molar-refractivity contribution < 1.29 is 9.53 Å². The van der Waals surface area contributed by atoms with Crippen LogP contribution in [0.2, 0.25) is 0 Å². The van der Waals surface area contributed by atoms with Crippen LogP contribution in [0.1, 0.15) is 41.6 Å². The number of para-hydroxylation sites is 1. The Bertz CT molecular complexity index is 395. The molecule has 1 aromatic carbocycles. The lowest BCUT2D eigenvalue weighted by Gasteiger charge is -2.13. The van der Waals surface area contributed by atoms with Gasteiger partial charge in [-0.25, -0.2) is 4.79 Å². The van der Waals surface area contributed by atoms with Gasteiger partial charge in [-0.15, -0.1) is 0 Å². The lowest BCUT2D eigenvalue weighted by molar-refractivity contribution is 0.0319. The maximum Gasteiger partial charge on any atom is 0.340 e. The molecule has 1 aromatic rings. The molecule has 1 aliphatic rings. The van der Waals surface area contributed by atoms with E-state index in [0.29, 0.717) is 11.3 Å². The number of aryl methyl sites for hydroxylation is 1. The van der Waals surface area contributed by atoms with Crippen LogP contribution in [-0.4, -0.2) is 12.1 Å². The van der Waals surface area contributed by atoms with E-state index < -0.39 is 0 Å². The molecule has 1 saturated carbocycles. The van der Waals surface area contributed by atoms with Gasteiger partial charge in [-0.3, -0.25) is 0 Å². The van der Waals surface area contributed by atoms with Crippen LogP contribution >= 0.6 is 0 Å². The highest BCUT2D eigenvalue weighted by Crippen LogP contribution is 2.24. The minimum absolute atomic E-state index is 0.0902. The third kappa shape index (κ3) is 2.18. The summed E-state index contributed by atoms with van der Waals surface area (Å²) in [5, 5.41) is 0. The van der Waals surface area contributed by atoms with Gasteiger partial charge in [0.1, 0.15) is 6.10 Å². The van der Waals surface area contributed by atoms with Gasteiger partial charge in [0.05, 0.1) is 5.56 Å². The van der Waals surface area contributed by atoms with Gasteiger partial charge >= 0.3 is 5.97 Å². The summed E-state index contributed by atoms with van der Waals surface area (Å²) in [5.74, 6) is -0.284. The quantitative estimate of drug-likeness (QED) is 0.614. The molecule has 0 amide bonds. The standard InChI is InChI=1S/C13H17NO2/c1-9-5-4-8-11(12(9)14)13(15)16-10-6-2-3-7-10/h4-5,8,10H,2-3,6-7,14H2,1H3. The first-order chi connectivity index (χ1) is 7.68. The largest absolute Gasteiger partial charge is 0.459 e. The highest BCUT2D eigenvalue weighted by Gasteiger charge is 2.21. The lowest BCUT2D eigenvalue weighted by atomic mass is 10.1. The predicted octanol–water partition coefficient (Wildman–Crippen LogP) is 2.68. The van der Waals surface area contributed by atoms with E-state index in [2.05, 4.69) is 0 Å². The zero-order chi connectivity index (χ0) is 11.5. The van der Waals surface area contributed by atoms with Gasteiger partial charge in [-0.1, -0.05) is 12.1 Å². The van der Waals surface area contributed by atoms with Gasteiger partial charge in [0, 0.05) is 5.69 Å². The summed E-state index contributed by atoms with van der Waals surface area (Å²) in [7, 11) is 0. The molecule has 3 heteroatoms. The second-order valence-electron chi connectivity index (χ2n) is 4.35. The molecule has 0 heterocycles. The second-order valence-corrected chi connectivity index (χ2v) is 4.35. The Hall–Kier alpha value is -1.51. The summed E-state index contributed by atoms with van der Waals surface area (Å²) in [6.07, 6.45) is 4.37. The Labute approximate surface area is 95.6 Å². The monoisotopic (exact) mass is 219 g/mol. The van der Waals surface area contributed by atoms with Crippen LogP contribution in [0, 0.1) is 6.92 Å². The lowest BCUT2D eigenvalue weighted by Crippen LogP contribution is -2.16. The van der Waals surface area contributed by atoms with E-state index in [4.69, 9.17) is 10.5 Å². The van der Waals surface area contributed by atoms with Gasteiger partial charge in [0.2, 0.25) is 0 Å². The van der Waals surface area contributed by atoms with E-state index >= 15 is 0 Å². The third-order valence-corrected chi connectivity index (χ3v) is 3.12. The van der Waals surface area contributed by atoms with Crippen molar-refractivity contribution in [3.63, 3.8) is 0 Å². The first-order valence-corrected chi connectivity index (χ1v) is 5.74. The van der Waals surface area contributed by atoms with Crippen LogP contribution in [0.4, 0.5) is 5.69 Å². The van der Waals surface area contributed by atoms with Crippen molar-refractivity contribution in [1.29, 1.82) is 0 Å². The zero-order valence-corrected chi connectivity index (χ0v) is 9.53. The molecule has 0 aromatic heterocycles. The minimum Gasteiger partial charge on any atom is -0.459 e. The molecule has 0 aliphatic heterocycles. The molecule has 3 nitrogen and oxygen atoms in total. The van der Waals surface area contributed by atoms with Crippen molar-refractivity contribution >= 4 is 11.7 Å². The number of ether oxygens (including phenoxy) is 1. The van der Waals surface area contributed by atoms with Crippen molar-refractivity contribution in [3.05, 3.63) is 29.3 Å². The summed E-state index contributed by atoms with van der Waals surface area (Å²) in [4.78, 5) is 11.9. The zero-order valence-electron chi connectivity index (χ0n) is 9.53. The fourth-order valence-electron chi connectivity index (χ4n) is 2.08. The Morgan fingerprint density at radius 1 is 1.38 bits per heavy atom. The van der Waals surface area contributed by atoms with E-state index in [-0.39, 0.29) is 12.1 Å². The average Bonchev–Trinajstić information content (AvgIpc) is 2.74. The molecular weight excluding hydrogens is 202 g/mol. The number of hydrogen-bond donors (Lipinski definition) is 1. The fraction of sp³-hybridized carbons (Fsp3) is 0.462. The highest BCUT2D eigenvalue weighted by molar-refractivity contribution is 5.95. The number of rotatable bonds is 2. The molecule has 2 N–H and O–H groups in total. The fourth-order valence-corrected chi connectivity index (χ4v) is 2.08. The van der Waals surface area contributed by atoms with E-state index in [0.717, 1.165) is 31.2 Å². The number of nitrogens with two attached hydrogens (primary N) is 1. The third-order valence-electron chi connectivity index (χ3n) is 3.12. The van der Waals surface area contributed by atoms with Crippen LogP contribution in [0.3, 0.4) is 0 Å². The molecule has 0 spiro atoms. The van der Waals surface area contributed by atoms with E-state index in [1.54, 1.807) is 6.07 Å². The van der Waals surface area contributed by atoms with Crippen molar-refractivity contribution in [2.75, 3.05) is 5.73 Å². The number of hydrogen-bond acceptors (Lipinski definition) is 3. The van der Waals surface area contributed by atoms with Crippen molar-refractivity contribution in [3.8, 4) is 0 Å². The molecular formula is C13H17NO2. The van der Waals surface area contributed by atoms with E-state index in [1.165, 1.54) is 0 Å². The van der Waals surface area contributed by atoms with Crippen LogP contribution in [-0.2, 0) is 4.74 Å². The molecule has 86 valence electrons. The predicted molar refractivity (Wildman–Crippen MR) is 63.3 cm³/mol. The number of carbonyl (C=O) groups excluding carboxylic acids is 1. The smallest absolute Gasteiger partial charge is 0.340 e. The first-order valence-electron chi connectivity index (χ1n) is 5.74. The van der Waals surface area contributed by atoms with Crippen LogP contribution in [0.15, 0.2) is 18.2 Å². The van der Waals surface area contributed by atoms with Crippen molar-refractivity contribution in [2.24, 2.45) is 0 Å². The summed E-state index contributed by atoms with van der Waals surface area (Å²) in [6, 6.07) is 5.44. The molecule has 1 fully saturated rings. The molecule has 0 bridgehead atoms. The topological polar surface area (TPSA) is 52.3 Å². The Balaban J connectivity index is 2.11. The average molecular weight is 219 g/mol. The van der Waals surface area contributed by atoms with Gasteiger partial charge in [-0.05, 0) is 44.2 Å². The molecule has 0 radical (unpaired) electrons. The first kappa shape index (κ1) is 11.0. The van der Waals surface area contributed by atoms with Crippen LogP contribution in [0.25, 0.3) is 0 Å². The molecule has 0 atom stereocenters. The van der Waals surface area contributed by atoms with Crippen molar-refractivity contribution in [2.45, 2.75) is 38.7 Å². The molecule has 1 aliphatic carbocycles. The molecule has 2 rings (SSSR count). The van der Waals surface area contributed by atoms with Gasteiger partial charge < -0.3 is 10.5 Å². The maximum atomic E-state index is 11.9. The Kier molecular flexibility index (Phi) is 3.13. The molecule has 0 unspecified atom stereocenters. The summed E-state index contributed by atoms with van der Waals surface area (Å²) >= 11 is 0. The van der Waals surface area contributed by atoms with Crippen molar-refractivity contribution in [1.82, 2.24) is 0 Å². The second kappa shape index (κ2) is 4.56. The number of anilines is 1. The van der Waals surface area contributed by atoms with Gasteiger partial charge in [-0.2, -0.15) is 0 Å². The van der Waals surface area contributed by atoms with Crippen LogP contribution in [0.5, 0.6) is 0 Å². The van der Waals surface area contributed by atoms with Gasteiger partial charge in [0.15, 0.2) is 0 Å². The Morgan fingerprint density at radius 2 is 2.06 bits per heavy atom. The number of carbonyl (C=O) groups is 1. The minimum atomic E-state index is -0.284. The SMILES string of the molecule is Cc1cccc(C(=O)OC2CCCC2)c1N. The Morgan fingerprint density at radius 3 is 2.75 bits per heavy atom. The normalized spacial score (nSPS) is 16.3. The van der Waals surface area contributed by atoms with E-state index in [9.17, 15) is 4.79 Å². The van der Waals surface area contributed by atoms with Crippen LogP contribution < -0.4 is 5.73 Å². The molecule has 0 saturated heterocycles. The number of nitrogen functional groups attached to an aromatic ring is 1.